The van der Waals surface area contributed by atoms with Gasteiger partial charge in [0.25, 0.3) is 0 Å². The van der Waals surface area contributed by atoms with Gasteiger partial charge in [-0.25, -0.2) is 16.8 Å². The number of sulfonamides is 1. The van der Waals surface area contributed by atoms with Crippen LogP contribution in [-0.2, 0) is 31.2 Å². The highest BCUT2D eigenvalue weighted by Gasteiger charge is 2.36. The third-order valence-corrected chi connectivity index (χ3v) is 10.6. The zero-order valence-corrected chi connectivity index (χ0v) is 20.1. The summed E-state index contributed by atoms with van der Waals surface area (Å²) in [5.41, 5.74) is 1.01. The van der Waals surface area contributed by atoms with Gasteiger partial charge in [0.15, 0.2) is 0 Å². The largest absolute Gasteiger partial charge is 0.375 e. The number of ether oxygens (including phenoxy) is 1. The molecule has 7 nitrogen and oxygen atoms in total. The van der Waals surface area contributed by atoms with Gasteiger partial charge in [-0.05, 0) is 48.7 Å². The first-order valence-corrected chi connectivity index (χ1v) is 14.0. The summed E-state index contributed by atoms with van der Waals surface area (Å²) in [6.07, 6.45) is 1.39. The van der Waals surface area contributed by atoms with Crippen molar-refractivity contribution in [1.82, 2.24) is 4.31 Å². The smallest absolute Gasteiger partial charge is 0.243 e. The summed E-state index contributed by atoms with van der Waals surface area (Å²) in [6, 6.07) is 19.4. The second-order valence-electron chi connectivity index (χ2n) is 7.62. The summed E-state index contributed by atoms with van der Waals surface area (Å²) in [5.74, 6) is 0. The van der Waals surface area contributed by atoms with Crippen molar-refractivity contribution in [2.24, 2.45) is 0 Å². The fraction of sp³-hybridized carbons (Fsp3) is 0.261. The highest BCUT2D eigenvalue weighted by atomic mass is 32.2. The molecule has 2 heterocycles. The highest BCUT2D eigenvalue weighted by molar-refractivity contribution is 7.93. The Hall–Kier alpha value is -2.55. The van der Waals surface area contributed by atoms with Gasteiger partial charge in [0, 0.05) is 12.6 Å². The van der Waals surface area contributed by atoms with Gasteiger partial charge in [-0.1, -0.05) is 36.4 Å². The average Bonchev–Trinajstić information content (AvgIpc) is 3.50. The zero-order chi connectivity index (χ0) is 23.5. The molecule has 2 aromatic carbocycles. The predicted octanol–water partition coefficient (Wildman–Crippen LogP) is 3.82. The predicted molar refractivity (Wildman–Crippen MR) is 124 cm³/mol. The van der Waals surface area contributed by atoms with Crippen molar-refractivity contribution < 1.29 is 21.6 Å². The number of sulfone groups is 1. The minimum atomic E-state index is -3.93. The minimum absolute atomic E-state index is 0.00181. The molecule has 0 spiro atoms. The third-order valence-electron chi connectivity index (χ3n) is 5.42. The fourth-order valence-corrected chi connectivity index (χ4v) is 8.11. The van der Waals surface area contributed by atoms with Crippen LogP contribution in [0.3, 0.4) is 0 Å². The van der Waals surface area contributed by atoms with Crippen LogP contribution in [0.4, 0.5) is 0 Å². The molecule has 0 bridgehead atoms. The van der Waals surface area contributed by atoms with Gasteiger partial charge < -0.3 is 4.74 Å². The Morgan fingerprint density at radius 2 is 1.76 bits per heavy atom. The van der Waals surface area contributed by atoms with Crippen molar-refractivity contribution in [2.75, 3.05) is 13.2 Å². The van der Waals surface area contributed by atoms with Crippen molar-refractivity contribution >= 4 is 31.2 Å². The standard InChI is InChI=1S/C23H22N2O5S3/c24-15-20-11-12-23(31-20)32(26,27)21-9-4-10-22(14-21)33(28,29)25-13-5-8-19(25)17-30-16-18-6-2-1-3-7-18/h1-4,6-7,9-12,14,19H,5,8,13,16-17H2. The van der Waals surface area contributed by atoms with Gasteiger partial charge in [-0.3, -0.25) is 0 Å². The average molecular weight is 503 g/mol. The maximum absolute atomic E-state index is 13.4. The van der Waals surface area contributed by atoms with E-state index in [0.717, 1.165) is 16.9 Å². The van der Waals surface area contributed by atoms with Crippen LogP contribution in [-0.4, -0.2) is 40.3 Å². The monoisotopic (exact) mass is 502 g/mol. The number of hydrogen-bond acceptors (Lipinski definition) is 7. The van der Waals surface area contributed by atoms with E-state index in [0.29, 0.717) is 26.0 Å². The maximum atomic E-state index is 13.4. The summed E-state index contributed by atoms with van der Waals surface area (Å²) in [6.45, 7) is 1.01. The molecule has 33 heavy (non-hydrogen) atoms. The summed E-state index contributed by atoms with van der Waals surface area (Å²) in [7, 11) is -7.84. The number of rotatable bonds is 8. The van der Waals surface area contributed by atoms with Crippen LogP contribution in [0.15, 0.2) is 80.7 Å². The second kappa shape index (κ2) is 9.75. The van der Waals surface area contributed by atoms with Crippen molar-refractivity contribution in [3.63, 3.8) is 0 Å². The van der Waals surface area contributed by atoms with E-state index < -0.39 is 19.9 Å². The van der Waals surface area contributed by atoms with Crippen molar-refractivity contribution in [3.05, 3.63) is 77.2 Å². The molecule has 0 radical (unpaired) electrons. The van der Waals surface area contributed by atoms with Crippen LogP contribution in [0.2, 0.25) is 0 Å². The molecule has 1 aromatic heterocycles. The normalized spacial score (nSPS) is 17.1. The molecule has 4 rings (SSSR count). The van der Waals surface area contributed by atoms with Crippen LogP contribution >= 0.6 is 11.3 Å². The SMILES string of the molecule is N#Cc1ccc(S(=O)(=O)c2cccc(S(=O)(=O)N3CCCC3COCc3ccccc3)c2)s1. The van der Waals surface area contributed by atoms with Gasteiger partial charge in [0.05, 0.1) is 23.0 Å². The Morgan fingerprint density at radius 1 is 1.00 bits per heavy atom. The number of thiophene rings is 1. The molecular weight excluding hydrogens is 480 g/mol. The molecule has 0 saturated carbocycles. The van der Waals surface area contributed by atoms with E-state index in [2.05, 4.69) is 0 Å². The highest BCUT2D eigenvalue weighted by Crippen LogP contribution is 2.31. The summed E-state index contributed by atoms with van der Waals surface area (Å²) >= 11 is 0.855. The number of hydrogen-bond donors (Lipinski definition) is 0. The van der Waals surface area contributed by atoms with Gasteiger partial charge in [-0.2, -0.15) is 9.57 Å². The van der Waals surface area contributed by atoms with Crippen molar-refractivity contribution in [2.45, 2.75) is 39.5 Å². The topological polar surface area (TPSA) is 105 Å². The molecular formula is C23H22N2O5S3. The lowest BCUT2D eigenvalue weighted by Gasteiger charge is -2.24. The molecule has 1 unspecified atom stereocenters. The quantitative estimate of drug-likeness (QED) is 0.464. The molecule has 1 aliphatic rings. The number of nitriles is 1. The first kappa shape index (κ1) is 23.6. The summed E-state index contributed by atoms with van der Waals surface area (Å²) < 4.78 is 59.9. The van der Waals surface area contributed by atoms with Crippen molar-refractivity contribution in [3.8, 4) is 6.07 Å². The van der Waals surface area contributed by atoms with Crippen LogP contribution in [0.25, 0.3) is 0 Å². The van der Waals surface area contributed by atoms with Gasteiger partial charge >= 0.3 is 0 Å². The van der Waals surface area contributed by atoms with Crippen LogP contribution in [0.5, 0.6) is 0 Å². The molecule has 0 aliphatic carbocycles. The lowest BCUT2D eigenvalue weighted by molar-refractivity contribution is 0.0873. The molecule has 172 valence electrons. The Labute approximate surface area is 197 Å². The molecule has 0 amide bonds. The Balaban J connectivity index is 1.53. The van der Waals surface area contributed by atoms with E-state index >= 15 is 0 Å². The van der Waals surface area contributed by atoms with Crippen LogP contribution in [0.1, 0.15) is 23.3 Å². The van der Waals surface area contributed by atoms with E-state index in [-0.39, 0.29) is 31.5 Å². The van der Waals surface area contributed by atoms with Gasteiger partial charge in [0.1, 0.15) is 15.2 Å². The Bertz CT molecular complexity index is 1380. The zero-order valence-electron chi connectivity index (χ0n) is 17.6. The first-order chi connectivity index (χ1) is 15.8. The summed E-state index contributed by atoms with van der Waals surface area (Å²) in [5, 5.41) is 8.98. The van der Waals surface area contributed by atoms with Crippen LogP contribution < -0.4 is 0 Å². The van der Waals surface area contributed by atoms with E-state index in [1.807, 2.05) is 36.4 Å². The fourth-order valence-electron chi connectivity index (χ4n) is 3.76. The Morgan fingerprint density at radius 3 is 2.48 bits per heavy atom. The van der Waals surface area contributed by atoms with Gasteiger partial charge in [0.2, 0.25) is 19.9 Å². The van der Waals surface area contributed by atoms with E-state index in [1.165, 1.54) is 40.7 Å². The van der Waals surface area contributed by atoms with Crippen LogP contribution in [0, 0.1) is 11.3 Å². The molecule has 1 aliphatic heterocycles. The molecule has 3 aromatic rings. The lowest BCUT2D eigenvalue weighted by Crippen LogP contribution is -2.38. The first-order valence-electron chi connectivity index (χ1n) is 10.3. The molecule has 1 atom stereocenters. The van der Waals surface area contributed by atoms with Gasteiger partial charge in [-0.15, -0.1) is 11.3 Å². The second-order valence-corrected chi connectivity index (χ2v) is 12.8. The lowest BCUT2D eigenvalue weighted by atomic mass is 10.2. The van der Waals surface area contributed by atoms with Crippen molar-refractivity contribution in [1.29, 1.82) is 5.26 Å². The minimum Gasteiger partial charge on any atom is -0.375 e. The van der Waals surface area contributed by atoms with E-state index in [9.17, 15) is 16.8 Å². The van der Waals surface area contributed by atoms with E-state index in [4.69, 9.17) is 10.00 Å². The third kappa shape index (κ3) is 5.03. The number of nitrogens with zero attached hydrogens (tertiary/aromatic N) is 2. The maximum Gasteiger partial charge on any atom is 0.243 e. The molecule has 0 N–H and O–H groups in total. The van der Waals surface area contributed by atoms with E-state index in [1.54, 1.807) is 0 Å². The Kier molecular flexibility index (Phi) is 6.97. The molecule has 1 fully saturated rings. The molecule has 10 heteroatoms. The molecule has 1 saturated heterocycles. The number of benzene rings is 2. The summed E-state index contributed by atoms with van der Waals surface area (Å²) in [4.78, 5) is 0.0781.